The van der Waals surface area contributed by atoms with Gasteiger partial charge in [0.05, 0.1) is 17.6 Å². The predicted octanol–water partition coefficient (Wildman–Crippen LogP) is 3.82. The Kier molecular flexibility index (Phi) is 4.00. The van der Waals surface area contributed by atoms with Crippen molar-refractivity contribution in [1.29, 1.82) is 0 Å². The van der Waals surface area contributed by atoms with E-state index in [0.717, 1.165) is 34.8 Å². The van der Waals surface area contributed by atoms with Crippen molar-refractivity contribution >= 4 is 16.7 Å². The average molecular weight is 295 g/mol. The molecular weight excluding hydrogens is 274 g/mol. The zero-order chi connectivity index (χ0) is 15.5. The molecule has 0 aliphatic heterocycles. The molecule has 1 heterocycles. The highest BCUT2D eigenvalue weighted by atomic mass is 16.5. The van der Waals surface area contributed by atoms with Crippen molar-refractivity contribution in [3.8, 4) is 5.75 Å². The number of imidazole rings is 1. The first kappa shape index (κ1) is 14.4. The molecule has 3 aromatic rings. The molecule has 1 aromatic heterocycles. The monoisotopic (exact) mass is 295 g/mol. The Morgan fingerprint density at radius 3 is 2.55 bits per heavy atom. The van der Waals surface area contributed by atoms with Gasteiger partial charge in [0, 0.05) is 11.6 Å². The Balaban J connectivity index is 1.78. The second kappa shape index (κ2) is 6.10. The van der Waals surface area contributed by atoms with E-state index in [-0.39, 0.29) is 0 Å². The number of rotatable bonds is 5. The second-order valence-electron chi connectivity index (χ2n) is 5.68. The lowest BCUT2D eigenvalue weighted by atomic mass is 10.2. The maximum absolute atomic E-state index is 5.81. The van der Waals surface area contributed by atoms with Gasteiger partial charge in [-0.15, -0.1) is 0 Å². The fourth-order valence-corrected chi connectivity index (χ4v) is 2.59. The van der Waals surface area contributed by atoms with E-state index < -0.39 is 0 Å². The van der Waals surface area contributed by atoms with Gasteiger partial charge < -0.3 is 15.0 Å². The van der Waals surface area contributed by atoms with Crippen LogP contribution in [0, 0.1) is 0 Å². The number of benzene rings is 2. The summed E-state index contributed by atoms with van der Waals surface area (Å²) in [6, 6.07) is 15.7. The first-order valence-electron chi connectivity index (χ1n) is 7.58. The minimum absolute atomic E-state index is 0.379. The predicted molar refractivity (Wildman–Crippen MR) is 90.2 cm³/mol. The topological polar surface area (TPSA) is 53.1 Å². The number of aromatic nitrogens is 2. The number of nitrogens with two attached hydrogens (primary N) is 1. The highest BCUT2D eigenvalue weighted by Crippen LogP contribution is 2.22. The van der Waals surface area contributed by atoms with E-state index in [1.807, 2.05) is 36.4 Å². The summed E-state index contributed by atoms with van der Waals surface area (Å²) in [6.45, 7) is 5.71. The van der Waals surface area contributed by atoms with Gasteiger partial charge in [-0.25, -0.2) is 4.98 Å². The van der Waals surface area contributed by atoms with Crippen LogP contribution >= 0.6 is 0 Å². The molecule has 0 aliphatic rings. The van der Waals surface area contributed by atoms with Crippen LogP contribution in [0.1, 0.15) is 25.6 Å². The van der Waals surface area contributed by atoms with Gasteiger partial charge in [-0.2, -0.15) is 0 Å². The van der Waals surface area contributed by atoms with Crippen LogP contribution in [0.15, 0.2) is 48.5 Å². The molecule has 2 N–H and O–H groups in total. The van der Waals surface area contributed by atoms with E-state index in [1.54, 1.807) is 0 Å². The molecule has 4 nitrogen and oxygen atoms in total. The molecule has 114 valence electrons. The molecule has 0 amide bonds. The fourth-order valence-electron chi connectivity index (χ4n) is 2.59. The zero-order valence-electron chi connectivity index (χ0n) is 13.0. The maximum Gasteiger partial charge on any atom is 0.119 e. The Bertz CT molecular complexity index is 760. The molecule has 0 atom stereocenters. The van der Waals surface area contributed by atoms with Gasteiger partial charge in [0.25, 0.3) is 0 Å². The molecular formula is C18H21N3O. The van der Waals surface area contributed by atoms with Crippen LogP contribution < -0.4 is 10.5 Å². The summed E-state index contributed by atoms with van der Waals surface area (Å²) in [5.74, 6) is 2.32. The molecule has 0 radical (unpaired) electrons. The van der Waals surface area contributed by atoms with Gasteiger partial charge in [0.15, 0.2) is 0 Å². The third-order valence-electron chi connectivity index (χ3n) is 3.66. The normalized spacial score (nSPS) is 11.2. The van der Waals surface area contributed by atoms with E-state index in [2.05, 4.69) is 30.5 Å². The van der Waals surface area contributed by atoms with Crippen LogP contribution in [0.3, 0.4) is 0 Å². The summed E-state index contributed by atoms with van der Waals surface area (Å²) < 4.78 is 8.06. The molecule has 0 bridgehead atoms. The average Bonchev–Trinajstić information content (AvgIpc) is 2.89. The summed E-state index contributed by atoms with van der Waals surface area (Å²) in [6.07, 6.45) is 0. The molecule has 2 aromatic carbocycles. The molecule has 0 spiro atoms. The second-order valence-corrected chi connectivity index (χ2v) is 5.68. The molecule has 0 saturated carbocycles. The number of nitrogens with zero attached hydrogens (tertiary/aromatic N) is 2. The van der Waals surface area contributed by atoms with Crippen LogP contribution in [0.25, 0.3) is 11.0 Å². The lowest BCUT2D eigenvalue weighted by Crippen LogP contribution is -2.12. The fraction of sp³-hybridized carbons (Fsp3) is 0.278. The Labute approximate surface area is 130 Å². The number of hydrogen-bond donors (Lipinski definition) is 1. The van der Waals surface area contributed by atoms with Crippen molar-refractivity contribution in [3.05, 3.63) is 54.4 Å². The molecule has 0 fully saturated rings. The summed E-state index contributed by atoms with van der Waals surface area (Å²) in [4.78, 5) is 4.74. The van der Waals surface area contributed by atoms with E-state index in [0.29, 0.717) is 12.5 Å². The first-order chi connectivity index (χ1) is 10.6. The van der Waals surface area contributed by atoms with Gasteiger partial charge in [0.1, 0.15) is 18.2 Å². The molecule has 0 aliphatic carbocycles. The number of fused-ring (bicyclic) bond motifs is 1. The van der Waals surface area contributed by atoms with Crippen molar-refractivity contribution in [2.75, 3.05) is 12.3 Å². The van der Waals surface area contributed by atoms with Gasteiger partial charge >= 0.3 is 0 Å². The van der Waals surface area contributed by atoms with E-state index in [4.69, 9.17) is 15.5 Å². The summed E-state index contributed by atoms with van der Waals surface area (Å²) in [5, 5.41) is 0. The molecule has 22 heavy (non-hydrogen) atoms. The van der Waals surface area contributed by atoms with Crippen molar-refractivity contribution in [2.24, 2.45) is 0 Å². The number of para-hydroxylation sites is 2. The number of nitrogen functional groups attached to an aromatic ring is 1. The summed E-state index contributed by atoms with van der Waals surface area (Å²) in [7, 11) is 0. The van der Waals surface area contributed by atoms with E-state index in [1.165, 1.54) is 0 Å². The van der Waals surface area contributed by atoms with Crippen molar-refractivity contribution < 1.29 is 4.74 Å². The van der Waals surface area contributed by atoms with Gasteiger partial charge in [-0.05, 0) is 36.4 Å². The molecule has 0 saturated heterocycles. The summed E-state index contributed by atoms with van der Waals surface area (Å²) >= 11 is 0. The zero-order valence-corrected chi connectivity index (χ0v) is 13.0. The largest absolute Gasteiger partial charge is 0.492 e. The first-order valence-corrected chi connectivity index (χ1v) is 7.58. The lowest BCUT2D eigenvalue weighted by molar-refractivity contribution is 0.297. The molecule has 4 heteroatoms. The smallest absolute Gasteiger partial charge is 0.119 e. The van der Waals surface area contributed by atoms with Crippen LogP contribution in [-0.4, -0.2) is 16.2 Å². The Morgan fingerprint density at radius 1 is 1.09 bits per heavy atom. The third-order valence-corrected chi connectivity index (χ3v) is 3.66. The van der Waals surface area contributed by atoms with E-state index in [9.17, 15) is 0 Å². The van der Waals surface area contributed by atoms with Crippen molar-refractivity contribution in [3.63, 3.8) is 0 Å². The minimum Gasteiger partial charge on any atom is -0.492 e. The summed E-state index contributed by atoms with van der Waals surface area (Å²) in [5.41, 5.74) is 8.63. The van der Waals surface area contributed by atoms with Crippen molar-refractivity contribution in [2.45, 2.75) is 26.3 Å². The van der Waals surface area contributed by atoms with Crippen LogP contribution in [0.4, 0.5) is 5.69 Å². The third kappa shape index (κ3) is 2.91. The highest BCUT2D eigenvalue weighted by molar-refractivity contribution is 5.76. The molecule has 3 rings (SSSR count). The maximum atomic E-state index is 5.81. The van der Waals surface area contributed by atoms with Gasteiger partial charge in [0.2, 0.25) is 0 Å². The SMILES string of the molecule is CC(C)c1nc2ccccc2n1CCOc1ccc(N)cc1. The number of hydrogen-bond acceptors (Lipinski definition) is 3. The number of anilines is 1. The van der Waals surface area contributed by atoms with Gasteiger partial charge in [-0.1, -0.05) is 26.0 Å². The van der Waals surface area contributed by atoms with Gasteiger partial charge in [-0.3, -0.25) is 0 Å². The van der Waals surface area contributed by atoms with Crippen molar-refractivity contribution in [1.82, 2.24) is 9.55 Å². The lowest BCUT2D eigenvalue weighted by Gasteiger charge is -2.12. The molecule has 0 unspecified atom stereocenters. The highest BCUT2D eigenvalue weighted by Gasteiger charge is 2.13. The Hall–Kier alpha value is -2.49. The Morgan fingerprint density at radius 2 is 1.82 bits per heavy atom. The van der Waals surface area contributed by atoms with Crippen LogP contribution in [-0.2, 0) is 6.54 Å². The number of ether oxygens (including phenoxy) is 1. The standard InChI is InChI=1S/C18H21N3O/c1-13(2)18-20-16-5-3-4-6-17(16)21(18)11-12-22-15-9-7-14(19)8-10-15/h3-10,13H,11-12,19H2,1-2H3. The van der Waals surface area contributed by atoms with E-state index >= 15 is 0 Å². The van der Waals surface area contributed by atoms with Crippen LogP contribution in [0.2, 0.25) is 0 Å². The quantitative estimate of drug-likeness (QED) is 0.728. The van der Waals surface area contributed by atoms with Crippen LogP contribution in [0.5, 0.6) is 5.75 Å². The minimum atomic E-state index is 0.379.